The van der Waals surface area contributed by atoms with Crippen molar-refractivity contribution in [3.05, 3.63) is 36.0 Å². The van der Waals surface area contributed by atoms with E-state index >= 15 is 0 Å². The topological polar surface area (TPSA) is 53.1 Å². The van der Waals surface area contributed by atoms with Gasteiger partial charge in [-0.3, -0.25) is 0 Å². The molecular weight excluding hydrogens is 216 g/mol. The second-order valence-corrected chi connectivity index (χ2v) is 3.59. The molecule has 0 saturated heterocycles. The largest absolute Gasteiger partial charge is 0.477 e. The average Bonchev–Trinajstić information content (AvgIpc) is 2.63. The summed E-state index contributed by atoms with van der Waals surface area (Å²) in [4.78, 5) is 13.2. The van der Waals surface area contributed by atoms with E-state index < -0.39 is 18.3 Å². The first-order valence-corrected chi connectivity index (χ1v) is 4.66. The highest BCUT2D eigenvalue weighted by atomic mass is 19.3. The van der Waals surface area contributed by atoms with Gasteiger partial charge in [0.2, 0.25) is 0 Å². The summed E-state index contributed by atoms with van der Waals surface area (Å²) in [5.74, 6) is -5.82. The van der Waals surface area contributed by atoms with Crippen molar-refractivity contribution in [3.63, 3.8) is 0 Å². The van der Waals surface area contributed by atoms with E-state index in [1.807, 2.05) is 6.07 Å². The first-order chi connectivity index (χ1) is 7.49. The van der Waals surface area contributed by atoms with Gasteiger partial charge in [-0.25, -0.2) is 4.79 Å². The van der Waals surface area contributed by atoms with Crippen molar-refractivity contribution in [2.45, 2.75) is 12.3 Å². The summed E-state index contributed by atoms with van der Waals surface area (Å²) >= 11 is 0. The highest BCUT2D eigenvalue weighted by molar-refractivity contribution is 5.80. The first-order valence-electron chi connectivity index (χ1n) is 4.66. The number of aliphatic carboxylic acids is 1. The number of carboxylic acid groups (broad SMARTS) is 1. The molecule has 5 heteroatoms. The lowest BCUT2D eigenvalue weighted by atomic mass is 10.1. The number of H-pyrrole nitrogens is 1. The maximum atomic E-state index is 12.9. The van der Waals surface area contributed by atoms with E-state index in [0.717, 1.165) is 10.9 Å². The van der Waals surface area contributed by atoms with Gasteiger partial charge in [0.05, 0.1) is 0 Å². The van der Waals surface area contributed by atoms with Gasteiger partial charge in [0, 0.05) is 18.1 Å². The number of aromatic amines is 1. The second kappa shape index (κ2) is 3.59. The maximum absolute atomic E-state index is 12.9. The number of aromatic nitrogens is 1. The minimum atomic E-state index is -3.72. The van der Waals surface area contributed by atoms with Crippen LogP contribution in [0.2, 0.25) is 0 Å². The predicted molar refractivity (Wildman–Crippen MR) is 54.6 cm³/mol. The number of hydrogen-bond acceptors (Lipinski definition) is 1. The standard InChI is InChI=1S/C11H9F2NO2/c12-11(13,10(15)16)6-7-1-2-8-3-4-14-9(8)5-7/h1-5,14H,6H2,(H,15,16). The molecule has 1 aromatic heterocycles. The lowest BCUT2D eigenvalue weighted by Gasteiger charge is -2.10. The Morgan fingerprint density at radius 3 is 2.81 bits per heavy atom. The average molecular weight is 225 g/mol. The molecule has 0 radical (unpaired) electrons. The summed E-state index contributed by atoms with van der Waals surface area (Å²) in [6, 6.07) is 6.53. The van der Waals surface area contributed by atoms with Crippen LogP contribution in [0.25, 0.3) is 10.9 Å². The molecule has 1 aromatic carbocycles. The highest BCUT2D eigenvalue weighted by Gasteiger charge is 2.38. The van der Waals surface area contributed by atoms with Gasteiger partial charge < -0.3 is 10.1 Å². The monoisotopic (exact) mass is 225 g/mol. The lowest BCUT2D eigenvalue weighted by molar-refractivity contribution is -0.164. The molecule has 0 saturated carbocycles. The molecular formula is C11H9F2NO2. The van der Waals surface area contributed by atoms with Crippen LogP contribution in [0.4, 0.5) is 8.78 Å². The van der Waals surface area contributed by atoms with Crippen LogP contribution in [-0.2, 0) is 11.2 Å². The molecule has 0 spiro atoms. The van der Waals surface area contributed by atoms with E-state index in [-0.39, 0.29) is 0 Å². The zero-order valence-corrected chi connectivity index (χ0v) is 8.21. The van der Waals surface area contributed by atoms with Crippen LogP contribution in [-0.4, -0.2) is 22.0 Å². The quantitative estimate of drug-likeness (QED) is 0.842. The molecule has 0 amide bonds. The Morgan fingerprint density at radius 2 is 2.12 bits per heavy atom. The van der Waals surface area contributed by atoms with Crippen molar-refractivity contribution in [1.29, 1.82) is 0 Å². The van der Waals surface area contributed by atoms with Crippen molar-refractivity contribution in [2.75, 3.05) is 0 Å². The third-order valence-corrected chi connectivity index (χ3v) is 2.36. The third-order valence-electron chi connectivity index (χ3n) is 2.36. The molecule has 84 valence electrons. The van der Waals surface area contributed by atoms with Crippen LogP contribution in [0.15, 0.2) is 30.5 Å². The zero-order valence-electron chi connectivity index (χ0n) is 8.21. The molecule has 0 aliphatic rings. The van der Waals surface area contributed by atoms with Gasteiger partial charge in [-0.15, -0.1) is 0 Å². The fraction of sp³-hybridized carbons (Fsp3) is 0.182. The molecule has 2 aromatic rings. The van der Waals surface area contributed by atoms with Crippen LogP contribution in [0, 0.1) is 0 Å². The number of carboxylic acids is 1. The minimum absolute atomic E-state index is 0.294. The molecule has 0 unspecified atom stereocenters. The number of carbonyl (C=O) groups is 1. The first kappa shape index (κ1) is 10.6. The van der Waals surface area contributed by atoms with Gasteiger partial charge in [-0.05, 0) is 23.1 Å². The highest BCUT2D eigenvalue weighted by Crippen LogP contribution is 2.22. The van der Waals surface area contributed by atoms with Crippen molar-refractivity contribution in [2.24, 2.45) is 0 Å². The number of hydrogen-bond donors (Lipinski definition) is 2. The maximum Gasteiger partial charge on any atom is 0.374 e. The Balaban J connectivity index is 2.30. The number of benzene rings is 1. The van der Waals surface area contributed by atoms with Crippen LogP contribution < -0.4 is 0 Å². The SMILES string of the molecule is O=C(O)C(F)(F)Cc1ccc2cc[nH]c2c1. The smallest absolute Gasteiger partial charge is 0.374 e. The number of halogens is 2. The predicted octanol–water partition coefficient (Wildman–Crippen LogP) is 2.43. The van der Waals surface area contributed by atoms with Crippen molar-refractivity contribution in [1.82, 2.24) is 4.98 Å². The molecule has 0 bridgehead atoms. The van der Waals surface area contributed by atoms with Crippen LogP contribution in [0.5, 0.6) is 0 Å². The summed E-state index contributed by atoms with van der Waals surface area (Å²) < 4.78 is 25.9. The second-order valence-electron chi connectivity index (χ2n) is 3.59. The van der Waals surface area contributed by atoms with E-state index in [4.69, 9.17) is 5.11 Å². The van der Waals surface area contributed by atoms with Gasteiger partial charge in [0.1, 0.15) is 0 Å². The van der Waals surface area contributed by atoms with Crippen molar-refractivity contribution in [3.8, 4) is 0 Å². The van der Waals surface area contributed by atoms with E-state index in [0.29, 0.717) is 5.56 Å². The number of alkyl halides is 2. The Bertz CT molecular complexity index is 534. The van der Waals surface area contributed by atoms with Gasteiger partial charge in [-0.2, -0.15) is 8.78 Å². The summed E-state index contributed by atoms with van der Waals surface area (Å²) in [5, 5.41) is 9.22. The molecule has 0 atom stereocenters. The van der Waals surface area contributed by atoms with E-state index in [1.54, 1.807) is 12.3 Å². The van der Waals surface area contributed by atoms with Gasteiger partial charge in [-0.1, -0.05) is 12.1 Å². The summed E-state index contributed by atoms with van der Waals surface area (Å²) in [6.07, 6.45) is 0.904. The van der Waals surface area contributed by atoms with Crippen LogP contribution >= 0.6 is 0 Å². The Labute approximate surface area is 89.7 Å². The normalized spacial score (nSPS) is 11.9. The van der Waals surface area contributed by atoms with Gasteiger partial charge in [0.15, 0.2) is 0 Å². The molecule has 0 fully saturated rings. The molecule has 16 heavy (non-hydrogen) atoms. The fourth-order valence-electron chi connectivity index (χ4n) is 1.54. The summed E-state index contributed by atoms with van der Waals surface area (Å²) in [5.41, 5.74) is 1.01. The van der Waals surface area contributed by atoms with Crippen molar-refractivity contribution >= 4 is 16.9 Å². The Kier molecular flexibility index (Phi) is 2.38. The van der Waals surface area contributed by atoms with E-state index in [2.05, 4.69) is 4.98 Å². The molecule has 0 aliphatic carbocycles. The van der Waals surface area contributed by atoms with Crippen LogP contribution in [0.3, 0.4) is 0 Å². The molecule has 2 N–H and O–H groups in total. The summed E-state index contributed by atoms with van der Waals surface area (Å²) in [7, 11) is 0. The molecule has 1 heterocycles. The Morgan fingerprint density at radius 1 is 1.38 bits per heavy atom. The number of rotatable bonds is 3. The molecule has 2 rings (SSSR count). The van der Waals surface area contributed by atoms with Crippen molar-refractivity contribution < 1.29 is 18.7 Å². The minimum Gasteiger partial charge on any atom is -0.477 e. The van der Waals surface area contributed by atoms with E-state index in [1.165, 1.54) is 12.1 Å². The lowest BCUT2D eigenvalue weighted by Crippen LogP contribution is -2.30. The van der Waals surface area contributed by atoms with Gasteiger partial charge >= 0.3 is 11.9 Å². The van der Waals surface area contributed by atoms with Crippen LogP contribution in [0.1, 0.15) is 5.56 Å². The summed E-state index contributed by atoms with van der Waals surface area (Å²) in [6.45, 7) is 0. The fourth-order valence-corrected chi connectivity index (χ4v) is 1.54. The number of fused-ring (bicyclic) bond motifs is 1. The molecule has 3 nitrogen and oxygen atoms in total. The molecule has 0 aliphatic heterocycles. The third kappa shape index (κ3) is 1.88. The van der Waals surface area contributed by atoms with Gasteiger partial charge in [0.25, 0.3) is 0 Å². The zero-order chi connectivity index (χ0) is 11.8. The Hall–Kier alpha value is -1.91. The number of nitrogens with one attached hydrogen (secondary N) is 1. The van der Waals surface area contributed by atoms with E-state index in [9.17, 15) is 13.6 Å².